The molecule has 3 heteroatoms. The van der Waals surface area contributed by atoms with Crippen molar-refractivity contribution in [2.45, 2.75) is 51.5 Å². The van der Waals surface area contributed by atoms with Crippen LogP contribution in [0, 0.1) is 5.92 Å². The lowest BCUT2D eigenvalue weighted by Gasteiger charge is -2.27. The number of hydrogen-bond acceptors (Lipinski definition) is 2. The third kappa shape index (κ3) is 4.99. The van der Waals surface area contributed by atoms with Crippen molar-refractivity contribution in [1.29, 1.82) is 0 Å². The Morgan fingerprint density at radius 3 is 2.40 bits per heavy atom. The van der Waals surface area contributed by atoms with Crippen molar-refractivity contribution < 1.29 is 4.74 Å². The molecule has 1 unspecified atom stereocenters. The molecule has 0 amide bonds. The maximum absolute atomic E-state index is 5.95. The Hall–Kier alpha value is -0.730. The highest BCUT2D eigenvalue weighted by atomic mass is 35.5. The van der Waals surface area contributed by atoms with Gasteiger partial charge in [-0.2, -0.15) is 0 Å². The summed E-state index contributed by atoms with van der Waals surface area (Å²) in [5, 5.41) is 4.36. The maximum atomic E-state index is 5.95. The lowest BCUT2D eigenvalue weighted by molar-refractivity contribution is 0.206. The summed E-state index contributed by atoms with van der Waals surface area (Å²) >= 11 is 5.90. The van der Waals surface area contributed by atoms with E-state index < -0.39 is 0 Å². The Morgan fingerprint density at radius 2 is 1.80 bits per heavy atom. The fourth-order valence-electron chi connectivity index (χ4n) is 3.05. The summed E-state index contributed by atoms with van der Waals surface area (Å²) in [6.07, 6.45) is 8.20. The molecule has 1 atom stereocenters. The minimum atomic E-state index is 0.466. The zero-order valence-electron chi connectivity index (χ0n) is 12.4. The van der Waals surface area contributed by atoms with Crippen molar-refractivity contribution in [2.24, 2.45) is 5.92 Å². The molecule has 0 heterocycles. The van der Waals surface area contributed by atoms with E-state index in [4.69, 9.17) is 16.3 Å². The molecule has 2 nitrogen and oxygen atoms in total. The Bertz CT molecular complexity index is 371. The van der Waals surface area contributed by atoms with Crippen molar-refractivity contribution in [1.82, 2.24) is 5.32 Å². The molecule has 1 aromatic carbocycles. The lowest BCUT2D eigenvalue weighted by Crippen LogP contribution is -2.40. The zero-order chi connectivity index (χ0) is 14.2. The van der Waals surface area contributed by atoms with E-state index in [1.54, 1.807) is 0 Å². The smallest absolute Gasteiger partial charge is 0.119 e. The number of rotatable bonds is 6. The zero-order valence-corrected chi connectivity index (χ0v) is 13.2. The molecule has 1 aliphatic rings. The van der Waals surface area contributed by atoms with Crippen LogP contribution in [0.5, 0.6) is 5.75 Å². The molecular formula is C17H26ClNO. The molecule has 0 aromatic heterocycles. The van der Waals surface area contributed by atoms with E-state index in [1.165, 1.54) is 38.5 Å². The number of hydrogen-bond donors (Lipinski definition) is 1. The second-order valence-electron chi connectivity index (χ2n) is 5.68. The SMILES string of the molecule is CCNC(COc1ccc(Cl)cc1)C1CCCCCC1. The van der Waals surface area contributed by atoms with E-state index >= 15 is 0 Å². The minimum absolute atomic E-state index is 0.466. The van der Waals surface area contributed by atoms with Crippen LogP contribution in [-0.2, 0) is 0 Å². The topological polar surface area (TPSA) is 21.3 Å². The van der Waals surface area contributed by atoms with Crippen molar-refractivity contribution in [3.8, 4) is 5.75 Å². The van der Waals surface area contributed by atoms with E-state index in [9.17, 15) is 0 Å². The Kier molecular flexibility index (Phi) is 6.68. The largest absolute Gasteiger partial charge is 0.492 e. The number of benzene rings is 1. The summed E-state index contributed by atoms with van der Waals surface area (Å²) in [4.78, 5) is 0. The summed E-state index contributed by atoms with van der Waals surface area (Å²) in [5.41, 5.74) is 0. The minimum Gasteiger partial charge on any atom is -0.492 e. The Morgan fingerprint density at radius 1 is 1.15 bits per heavy atom. The van der Waals surface area contributed by atoms with Gasteiger partial charge in [0.15, 0.2) is 0 Å². The van der Waals surface area contributed by atoms with E-state index in [0.717, 1.165) is 29.8 Å². The first-order chi connectivity index (χ1) is 9.79. The quantitative estimate of drug-likeness (QED) is 0.770. The van der Waals surface area contributed by atoms with Crippen LogP contribution in [0.15, 0.2) is 24.3 Å². The van der Waals surface area contributed by atoms with Gasteiger partial charge in [-0.3, -0.25) is 0 Å². The fourth-order valence-corrected chi connectivity index (χ4v) is 3.18. The molecule has 0 radical (unpaired) electrons. The maximum Gasteiger partial charge on any atom is 0.119 e. The van der Waals surface area contributed by atoms with E-state index in [1.807, 2.05) is 24.3 Å². The summed E-state index contributed by atoms with van der Waals surface area (Å²) in [5.74, 6) is 1.66. The van der Waals surface area contributed by atoms with Crippen LogP contribution >= 0.6 is 11.6 Å². The van der Waals surface area contributed by atoms with Crippen LogP contribution in [0.25, 0.3) is 0 Å². The average Bonchev–Trinajstić information content (AvgIpc) is 2.74. The number of ether oxygens (including phenoxy) is 1. The highest BCUT2D eigenvalue weighted by Gasteiger charge is 2.22. The predicted octanol–water partition coefficient (Wildman–Crippen LogP) is 4.67. The first-order valence-corrected chi connectivity index (χ1v) is 8.29. The predicted molar refractivity (Wildman–Crippen MR) is 85.6 cm³/mol. The van der Waals surface area contributed by atoms with E-state index in [-0.39, 0.29) is 0 Å². The first kappa shape index (κ1) is 15.7. The van der Waals surface area contributed by atoms with E-state index in [2.05, 4.69) is 12.2 Å². The van der Waals surface area contributed by atoms with Gasteiger partial charge in [0.2, 0.25) is 0 Å². The van der Waals surface area contributed by atoms with Gasteiger partial charge >= 0.3 is 0 Å². The highest BCUT2D eigenvalue weighted by Crippen LogP contribution is 2.26. The molecule has 1 fully saturated rings. The molecular weight excluding hydrogens is 270 g/mol. The summed E-state index contributed by atoms with van der Waals surface area (Å²) in [6.45, 7) is 3.93. The van der Waals surface area contributed by atoms with Crippen LogP contribution in [0.2, 0.25) is 5.02 Å². The second-order valence-corrected chi connectivity index (χ2v) is 6.12. The van der Waals surface area contributed by atoms with Gasteiger partial charge in [-0.05, 0) is 49.6 Å². The van der Waals surface area contributed by atoms with E-state index in [0.29, 0.717) is 6.04 Å². The summed E-state index contributed by atoms with van der Waals surface area (Å²) in [6, 6.07) is 8.11. The molecule has 1 aliphatic carbocycles. The average molecular weight is 296 g/mol. The molecule has 1 saturated carbocycles. The van der Waals surface area contributed by atoms with Gasteiger partial charge in [-0.15, -0.1) is 0 Å². The van der Waals surface area contributed by atoms with Gasteiger partial charge in [0, 0.05) is 11.1 Å². The van der Waals surface area contributed by atoms with Gasteiger partial charge in [0.1, 0.15) is 12.4 Å². The van der Waals surface area contributed by atoms with Gasteiger partial charge in [0.05, 0.1) is 0 Å². The van der Waals surface area contributed by atoms with Crippen LogP contribution < -0.4 is 10.1 Å². The molecule has 0 aliphatic heterocycles. The number of halogens is 1. The van der Waals surface area contributed by atoms with Crippen LogP contribution in [0.4, 0.5) is 0 Å². The van der Waals surface area contributed by atoms with Crippen molar-refractivity contribution in [3.63, 3.8) is 0 Å². The number of likely N-dealkylation sites (N-methyl/N-ethyl adjacent to an activating group) is 1. The highest BCUT2D eigenvalue weighted by molar-refractivity contribution is 6.30. The molecule has 112 valence electrons. The molecule has 1 aromatic rings. The van der Waals surface area contributed by atoms with Crippen molar-refractivity contribution in [3.05, 3.63) is 29.3 Å². The molecule has 2 rings (SSSR count). The third-order valence-corrected chi connectivity index (χ3v) is 4.43. The van der Waals surface area contributed by atoms with Gasteiger partial charge in [-0.1, -0.05) is 44.2 Å². The molecule has 20 heavy (non-hydrogen) atoms. The second kappa shape index (κ2) is 8.53. The molecule has 0 spiro atoms. The van der Waals surface area contributed by atoms with Crippen LogP contribution in [0.1, 0.15) is 45.4 Å². The van der Waals surface area contributed by atoms with Gasteiger partial charge in [-0.25, -0.2) is 0 Å². The van der Waals surface area contributed by atoms with Crippen molar-refractivity contribution >= 4 is 11.6 Å². The summed E-state index contributed by atoms with van der Waals surface area (Å²) < 4.78 is 5.95. The lowest BCUT2D eigenvalue weighted by atomic mass is 9.92. The van der Waals surface area contributed by atoms with Gasteiger partial charge in [0.25, 0.3) is 0 Å². The molecule has 1 N–H and O–H groups in total. The van der Waals surface area contributed by atoms with Crippen LogP contribution in [0.3, 0.4) is 0 Å². The molecule has 0 bridgehead atoms. The first-order valence-electron chi connectivity index (χ1n) is 7.91. The molecule has 0 saturated heterocycles. The monoisotopic (exact) mass is 295 g/mol. The Labute approximate surface area is 127 Å². The number of nitrogens with one attached hydrogen (secondary N) is 1. The standard InChI is InChI=1S/C17H26ClNO/c1-2-19-17(14-7-5-3-4-6-8-14)13-20-16-11-9-15(18)10-12-16/h9-12,14,17,19H,2-8,13H2,1H3. The van der Waals surface area contributed by atoms with Crippen LogP contribution in [-0.4, -0.2) is 19.2 Å². The fraction of sp³-hybridized carbons (Fsp3) is 0.647. The normalized spacial score (nSPS) is 18.5. The van der Waals surface area contributed by atoms with Gasteiger partial charge < -0.3 is 10.1 Å². The third-order valence-electron chi connectivity index (χ3n) is 4.18. The van der Waals surface area contributed by atoms with Crippen molar-refractivity contribution in [2.75, 3.05) is 13.2 Å². The summed E-state index contributed by atoms with van der Waals surface area (Å²) in [7, 11) is 0. The Balaban J connectivity index is 1.89.